The number of hydrogen-bond donors (Lipinski definition) is 5. The number of aliphatic hydroxyl groups excluding tert-OH is 4. The Morgan fingerprint density at radius 3 is 1.44 bits per heavy atom. The van der Waals surface area contributed by atoms with Crippen LogP contribution in [0.3, 0.4) is 0 Å². The van der Waals surface area contributed by atoms with Crippen LogP contribution < -0.4 is 24.4 Å². The number of rotatable bonds is 33. The SMILES string of the molecule is CCCCCCCCCCOc1cc2oc3cc(OCCCCCCCCCC)c(O[C@@H]4O[C@H](CO)[C@@H](O)[C@H](O)[C@H]4O)c(O)c3c(=O)c2cc1OCCCCCCCCCC. The number of phenolic OH excluding ortho intramolecular Hbond substituents is 1. The number of aromatic hydroxyl groups is 1. The van der Waals surface area contributed by atoms with Gasteiger partial charge in [0, 0.05) is 12.1 Å². The first-order chi connectivity index (χ1) is 29.7. The number of aliphatic hydroxyl groups is 4. The summed E-state index contributed by atoms with van der Waals surface area (Å²) in [6.07, 6.45) is 19.3. The maximum Gasteiger partial charge on any atom is 0.229 e. The van der Waals surface area contributed by atoms with Crippen molar-refractivity contribution in [1.82, 2.24) is 0 Å². The minimum atomic E-state index is -1.76. The second-order valence-corrected chi connectivity index (χ2v) is 16.9. The van der Waals surface area contributed by atoms with E-state index in [1.54, 1.807) is 12.1 Å². The predicted octanol–water partition coefficient (Wildman–Crippen LogP) is 10.4. The molecule has 12 heteroatoms. The lowest BCUT2D eigenvalue weighted by Gasteiger charge is -2.39. The van der Waals surface area contributed by atoms with Gasteiger partial charge in [-0.1, -0.05) is 156 Å². The monoisotopic (exact) mass is 859 g/mol. The maximum absolute atomic E-state index is 14.4. The third kappa shape index (κ3) is 15.8. The molecule has 1 aliphatic rings. The van der Waals surface area contributed by atoms with Crippen molar-refractivity contribution in [3.8, 4) is 28.7 Å². The summed E-state index contributed by atoms with van der Waals surface area (Å²) in [5, 5.41) is 53.2. The summed E-state index contributed by atoms with van der Waals surface area (Å²) in [6, 6.07) is 4.76. The molecule has 0 bridgehead atoms. The zero-order valence-corrected chi connectivity index (χ0v) is 37.5. The van der Waals surface area contributed by atoms with E-state index in [0.717, 1.165) is 64.2 Å². The number of phenols is 1. The lowest BCUT2D eigenvalue weighted by molar-refractivity contribution is -0.277. The highest BCUT2D eigenvalue weighted by Crippen LogP contribution is 2.45. The zero-order chi connectivity index (χ0) is 43.8. The number of ether oxygens (including phenoxy) is 5. The molecule has 0 aliphatic carbocycles. The van der Waals surface area contributed by atoms with Gasteiger partial charge in [-0.15, -0.1) is 0 Å². The van der Waals surface area contributed by atoms with Gasteiger partial charge in [-0.25, -0.2) is 0 Å². The van der Waals surface area contributed by atoms with Crippen molar-refractivity contribution in [2.45, 2.75) is 206 Å². The quantitative estimate of drug-likeness (QED) is 0.0290. The van der Waals surface area contributed by atoms with Crippen LogP contribution in [0.15, 0.2) is 27.4 Å². The Kier molecular flexibility index (Phi) is 23.5. The molecule has 3 aromatic rings. The third-order valence-electron chi connectivity index (χ3n) is 11.8. The molecule has 0 amide bonds. The first kappa shape index (κ1) is 50.4. The van der Waals surface area contributed by atoms with Crippen molar-refractivity contribution in [3.63, 3.8) is 0 Å². The Balaban J connectivity index is 1.61. The summed E-state index contributed by atoms with van der Waals surface area (Å²) in [4.78, 5) is 14.4. The van der Waals surface area contributed by atoms with Gasteiger partial charge in [-0.05, 0) is 25.3 Å². The van der Waals surface area contributed by atoms with Crippen molar-refractivity contribution < 1.29 is 53.6 Å². The van der Waals surface area contributed by atoms with Crippen molar-refractivity contribution in [2.75, 3.05) is 26.4 Å². The van der Waals surface area contributed by atoms with Crippen molar-refractivity contribution in [3.05, 3.63) is 28.4 Å². The fourth-order valence-corrected chi connectivity index (χ4v) is 7.94. The highest BCUT2D eigenvalue weighted by atomic mass is 16.7. The highest BCUT2D eigenvalue weighted by molar-refractivity contribution is 5.96. The zero-order valence-electron chi connectivity index (χ0n) is 37.5. The second-order valence-electron chi connectivity index (χ2n) is 16.9. The normalized spacial score (nSPS) is 19.2. The molecular formula is C49H78O12. The Labute approximate surface area is 363 Å². The van der Waals surface area contributed by atoms with Gasteiger partial charge in [-0.3, -0.25) is 4.79 Å². The predicted molar refractivity (Wildman–Crippen MR) is 240 cm³/mol. The summed E-state index contributed by atoms with van der Waals surface area (Å²) in [5.74, 6) is 0.0237. The lowest BCUT2D eigenvalue weighted by Crippen LogP contribution is -2.60. The molecule has 346 valence electrons. The molecule has 61 heavy (non-hydrogen) atoms. The molecule has 1 aliphatic heterocycles. The van der Waals surface area contributed by atoms with Gasteiger partial charge in [0.25, 0.3) is 0 Å². The molecule has 1 aromatic heterocycles. The first-order valence-corrected chi connectivity index (χ1v) is 23.9. The van der Waals surface area contributed by atoms with Crippen LogP contribution in [-0.2, 0) is 4.74 Å². The minimum absolute atomic E-state index is 0.0314. The number of hydrogen-bond acceptors (Lipinski definition) is 12. The van der Waals surface area contributed by atoms with Gasteiger partial charge in [0.2, 0.25) is 17.5 Å². The maximum atomic E-state index is 14.4. The summed E-state index contributed by atoms with van der Waals surface area (Å²) in [7, 11) is 0. The van der Waals surface area contributed by atoms with Gasteiger partial charge < -0.3 is 53.6 Å². The standard InChI is InChI=1S/C49H78O12/c1-4-7-10-13-16-19-22-25-28-56-37-31-35-36(32-38(37)57-29-26-23-20-17-14-11-8-5-2)59-39-33-40(58-30-27-24-21-18-15-12-9-6-3)48(45(53)42(39)43(35)51)61-49-47(55)46(54)44(52)41(34-50)60-49/h31-33,41,44,46-47,49-50,52-55H,4-30,34H2,1-3H3/t41-,44-,46+,47-,49+/m1/s1. The lowest BCUT2D eigenvalue weighted by atomic mass is 9.99. The van der Waals surface area contributed by atoms with E-state index in [1.807, 2.05) is 0 Å². The van der Waals surface area contributed by atoms with Crippen LogP contribution in [0, 0.1) is 0 Å². The van der Waals surface area contributed by atoms with Crippen molar-refractivity contribution in [2.24, 2.45) is 0 Å². The van der Waals surface area contributed by atoms with Crippen molar-refractivity contribution in [1.29, 1.82) is 0 Å². The largest absolute Gasteiger partial charge is 0.504 e. The van der Waals surface area contributed by atoms with E-state index >= 15 is 0 Å². The molecule has 0 unspecified atom stereocenters. The number of benzene rings is 2. The molecule has 2 heterocycles. The number of unbranched alkanes of at least 4 members (excludes halogenated alkanes) is 21. The van der Waals surface area contributed by atoms with Crippen LogP contribution in [-0.4, -0.2) is 82.7 Å². The minimum Gasteiger partial charge on any atom is -0.504 e. The van der Waals surface area contributed by atoms with Crippen LogP contribution in [0.2, 0.25) is 0 Å². The van der Waals surface area contributed by atoms with Crippen LogP contribution in [0.5, 0.6) is 28.7 Å². The van der Waals surface area contributed by atoms with E-state index in [-0.39, 0.29) is 40.0 Å². The summed E-state index contributed by atoms with van der Waals surface area (Å²) in [5.41, 5.74) is -0.254. The molecule has 0 radical (unpaired) electrons. The molecule has 0 spiro atoms. The fraction of sp³-hybridized carbons (Fsp3) is 0.735. The van der Waals surface area contributed by atoms with Gasteiger partial charge in [0.05, 0.1) is 31.8 Å². The molecule has 1 saturated heterocycles. The fourth-order valence-electron chi connectivity index (χ4n) is 7.94. The Morgan fingerprint density at radius 2 is 0.967 bits per heavy atom. The summed E-state index contributed by atoms with van der Waals surface area (Å²) in [6.45, 7) is 7.18. The van der Waals surface area contributed by atoms with E-state index in [0.29, 0.717) is 24.7 Å². The van der Waals surface area contributed by atoms with Crippen molar-refractivity contribution >= 4 is 21.9 Å². The number of fused-ring (bicyclic) bond motifs is 2. The van der Waals surface area contributed by atoms with Gasteiger partial charge in [0.1, 0.15) is 41.0 Å². The second kappa shape index (κ2) is 28.4. The van der Waals surface area contributed by atoms with Crippen LogP contribution in [0.4, 0.5) is 0 Å². The van der Waals surface area contributed by atoms with E-state index in [1.165, 1.54) is 96.0 Å². The van der Waals surface area contributed by atoms with Gasteiger partial charge in [-0.2, -0.15) is 0 Å². The van der Waals surface area contributed by atoms with E-state index in [4.69, 9.17) is 28.1 Å². The first-order valence-electron chi connectivity index (χ1n) is 23.9. The summed E-state index contributed by atoms with van der Waals surface area (Å²) < 4.78 is 36.7. The van der Waals surface area contributed by atoms with Crippen LogP contribution in [0.1, 0.15) is 175 Å². The highest BCUT2D eigenvalue weighted by Gasteiger charge is 2.45. The Morgan fingerprint density at radius 1 is 0.541 bits per heavy atom. The smallest absolute Gasteiger partial charge is 0.229 e. The van der Waals surface area contributed by atoms with Gasteiger partial charge >= 0.3 is 0 Å². The average Bonchev–Trinajstić information content (AvgIpc) is 3.25. The topological polar surface area (TPSA) is 178 Å². The summed E-state index contributed by atoms with van der Waals surface area (Å²) >= 11 is 0. The van der Waals surface area contributed by atoms with E-state index < -0.39 is 48.5 Å². The molecule has 4 rings (SSSR count). The van der Waals surface area contributed by atoms with Gasteiger partial charge in [0.15, 0.2) is 23.0 Å². The van der Waals surface area contributed by atoms with Crippen LogP contribution in [0.25, 0.3) is 21.9 Å². The Hall–Kier alpha value is -3.29. The molecule has 0 saturated carbocycles. The molecule has 5 N–H and O–H groups in total. The van der Waals surface area contributed by atoms with E-state index in [9.17, 15) is 30.3 Å². The molecule has 12 nitrogen and oxygen atoms in total. The third-order valence-corrected chi connectivity index (χ3v) is 11.8. The molecule has 2 aromatic carbocycles. The Bertz CT molecular complexity index is 1720. The van der Waals surface area contributed by atoms with E-state index in [2.05, 4.69) is 20.8 Å². The molecule has 1 fully saturated rings. The van der Waals surface area contributed by atoms with Crippen LogP contribution >= 0.6 is 0 Å². The molecule has 5 atom stereocenters. The average molecular weight is 859 g/mol. The molecular weight excluding hydrogens is 781 g/mol.